The number of carbonyl (C=O) groups excluding carboxylic acids is 1. The normalized spacial score (nSPS) is 14.4. The van der Waals surface area contributed by atoms with Crippen molar-refractivity contribution in [1.29, 1.82) is 0 Å². The van der Waals surface area contributed by atoms with E-state index >= 15 is 0 Å². The Kier molecular flexibility index (Phi) is 5.52. The van der Waals surface area contributed by atoms with Crippen LogP contribution >= 0.6 is 27.5 Å². The molecule has 0 aliphatic heterocycles. The molecule has 0 aliphatic rings. The number of hydrogen-bond donors (Lipinski definition) is 1. The lowest BCUT2D eigenvalue weighted by Gasteiger charge is -2.26. The average molecular weight is 320 g/mol. The second-order valence-electron chi connectivity index (χ2n) is 4.30. The summed E-state index contributed by atoms with van der Waals surface area (Å²) in [6.45, 7) is 6.14. The molecule has 0 radical (unpaired) electrons. The SMILES string of the molecule is CCCc1nnsc1C(=O)NC(C)(CC)CBr. The molecule has 1 unspecified atom stereocenters. The van der Waals surface area contributed by atoms with Gasteiger partial charge in [0, 0.05) is 10.9 Å². The molecule has 1 N–H and O–H groups in total. The van der Waals surface area contributed by atoms with Gasteiger partial charge in [0.05, 0.1) is 5.69 Å². The largest absolute Gasteiger partial charge is 0.345 e. The third kappa shape index (κ3) is 3.74. The lowest BCUT2D eigenvalue weighted by Crippen LogP contribution is -2.46. The molecule has 1 heterocycles. The number of nitrogens with zero attached hydrogens (tertiary/aromatic N) is 2. The summed E-state index contributed by atoms with van der Waals surface area (Å²) in [7, 11) is 0. The van der Waals surface area contributed by atoms with Crippen LogP contribution in [0.5, 0.6) is 0 Å². The molecular weight excluding hydrogens is 302 g/mol. The summed E-state index contributed by atoms with van der Waals surface area (Å²) >= 11 is 4.60. The van der Waals surface area contributed by atoms with E-state index in [1.165, 1.54) is 11.5 Å². The summed E-state index contributed by atoms with van der Waals surface area (Å²) in [5.74, 6) is -0.0627. The standard InChI is InChI=1S/C11H18BrN3OS/c1-4-6-8-9(17-15-14-8)10(16)13-11(3,5-2)7-12/h4-7H2,1-3H3,(H,13,16). The molecule has 1 amide bonds. The predicted molar refractivity (Wildman–Crippen MR) is 73.9 cm³/mol. The highest BCUT2D eigenvalue weighted by atomic mass is 79.9. The second-order valence-corrected chi connectivity index (χ2v) is 5.62. The van der Waals surface area contributed by atoms with Crippen molar-refractivity contribution in [1.82, 2.24) is 14.9 Å². The predicted octanol–water partition coefficient (Wildman–Crippen LogP) is 2.78. The summed E-state index contributed by atoms with van der Waals surface area (Å²) in [6.07, 6.45) is 2.64. The van der Waals surface area contributed by atoms with Gasteiger partial charge in [-0.3, -0.25) is 4.79 Å². The number of nitrogens with one attached hydrogen (secondary N) is 1. The highest BCUT2D eigenvalue weighted by Crippen LogP contribution is 2.17. The number of halogens is 1. The Morgan fingerprint density at radius 2 is 2.24 bits per heavy atom. The van der Waals surface area contributed by atoms with Gasteiger partial charge in [0.2, 0.25) is 0 Å². The van der Waals surface area contributed by atoms with Crippen LogP contribution in [0.2, 0.25) is 0 Å². The molecule has 96 valence electrons. The van der Waals surface area contributed by atoms with Gasteiger partial charge >= 0.3 is 0 Å². The lowest BCUT2D eigenvalue weighted by molar-refractivity contribution is 0.0916. The smallest absolute Gasteiger partial charge is 0.265 e. The van der Waals surface area contributed by atoms with Gasteiger partial charge in [0.1, 0.15) is 4.88 Å². The van der Waals surface area contributed by atoms with Crippen LogP contribution in [0.15, 0.2) is 0 Å². The van der Waals surface area contributed by atoms with Gasteiger partial charge in [0.25, 0.3) is 5.91 Å². The van der Waals surface area contributed by atoms with Crippen molar-refractivity contribution in [2.75, 3.05) is 5.33 Å². The van der Waals surface area contributed by atoms with Gasteiger partial charge in [-0.2, -0.15) is 0 Å². The zero-order valence-electron chi connectivity index (χ0n) is 10.4. The summed E-state index contributed by atoms with van der Waals surface area (Å²) in [4.78, 5) is 12.8. The fourth-order valence-electron chi connectivity index (χ4n) is 1.33. The molecule has 1 aromatic heterocycles. The van der Waals surface area contributed by atoms with E-state index in [1.807, 2.05) is 6.92 Å². The van der Waals surface area contributed by atoms with Crippen molar-refractivity contribution in [2.45, 2.75) is 45.6 Å². The van der Waals surface area contributed by atoms with E-state index in [9.17, 15) is 4.79 Å². The van der Waals surface area contributed by atoms with E-state index in [4.69, 9.17) is 0 Å². The van der Waals surface area contributed by atoms with Crippen molar-refractivity contribution < 1.29 is 4.79 Å². The number of alkyl halides is 1. The first-order valence-electron chi connectivity index (χ1n) is 5.76. The highest BCUT2D eigenvalue weighted by molar-refractivity contribution is 9.09. The van der Waals surface area contributed by atoms with E-state index in [-0.39, 0.29) is 11.4 Å². The van der Waals surface area contributed by atoms with Crippen LogP contribution < -0.4 is 5.32 Å². The van der Waals surface area contributed by atoms with Crippen molar-refractivity contribution in [3.05, 3.63) is 10.6 Å². The Balaban J connectivity index is 2.79. The summed E-state index contributed by atoms with van der Waals surface area (Å²) in [5, 5.41) is 7.78. The van der Waals surface area contributed by atoms with E-state index in [0.717, 1.165) is 30.3 Å². The molecule has 0 fully saturated rings. The fourth-order valence-corrected chi connectivity index (χ4v) is 2.47. The van der Waals surface area contributed by atoms with Crippen LogP contribution in [0.1, 0.15) is 49.0 Å². The van der Waals surface area contributed by atoms with Gasteiger partial charge in [0.15, 0.2) is 0 Å². The number of aryl methyl sites for hydroxylation is 1. The molecule has 0 aliphatic carbocycles. The molecule has 0 spiro atoms. The van der Waals surface area contributed by atoms with Crippen LogP contribution in [-0.4, -0.2) is 26.4 Å². The highest BCUT2D eigenvalue weighted by Gasteiger charge is 2.25. The van der Waals surface area contributed by atoms with Gasteiger partial charge in [-0.05, 0) is 31.3 Å². The van der Waals surface area contributed by atoms with Gasteiger partial charge in [-0.15, -0.1) is 5.10 Å². The maximum Gasteiger partial charge on any atom is 0.265 e. The first kappa shape index (κ1) is 14.6. The van der Waals surface area contributed by atoms with Gasteiger partial charge in [-0.1, -0.05) is 40.7 Å². The van der Waals surface area contributed by atoms with Crippen LogP contribution in [-0.2, 0) is 6.42 Å². The van der Waals surface area contributed by atoms with Crippen LogP contribution in [0, 0.1) is 0 Å². The molecule has 17 heavy (non-hydrogen) atoms. The third-order valence-electron chi connectivity index (χ3n) is 2.74. The zero-order chi connectivity index (χ0) is 12.9. The van der Waals surface area contributed by atoms with E-state index in [2.05, 4.69) is 44.7 Å². The minimum atomic E-state index is -0.218. The Morgan fingerprint density at radius 1 is 1.53 bits per heavy atom. The number of carbonyl (C=O) groups is 1. The summed E-state index contributed by atoms with van der Waals surface area (Å²) in [6, 6.07) is 0. The molecule has 0 bridgehead atoms. The zero-order valence-corrected chi connectivity index (χ0v) is 12.8. The van der Waals surface area contributed by atoms with E-state index < -0.39 is 0 Å². The monoisotopic (exact) mass is 319 g/mol. The molecule has 0 saturated heterocycles. The molecule has 4 nitrogen and oxygen atoms in total. The first-order valence-corrected chi connectivity index (χ1v) is 7.65. The molecular formula is C11H18BrN3OS. The van der Waals surface area contributed by atoms with Gasteiger partial charge in [-0.25, -0.2) is 0 Å². The minimum absolute atomic E-state index is 0.0627. The molecule has 6 heteroatoms. The van der Waals surface area contributed by atoms with Gasteiger partial charge < -0.3 is 5.32 Å². The number of amides is 1. The molecule has 0 saturated carbocycles. The number of hydrogen-bond acceptors (Lipinski definition) is 4. The Labute approximate surface area is 114 Å². The number of rotatable bonds is 6. The molecule has 1 atom stereocenters. The minimum Gasteiger partial charge on any atom is -0.345 e. The second kappa shape index (κ2) is 6.44. The van der Waals surface area contributed by atoms with Crippen molar-refractivity contribution >= 4 is 33.4 Å². The number of aromatic nitrogens is 2. The maximum atomic E-state index is 12.1. The first-order chi connectivity index (χ1) is 8.06. The van der Waals surface area contributed by atoms with Crippen molar-refractivity contribution in [2.24, 2.45) is 0 Å². The third-order valence-corrected chi connectivity index (χ3v) is 4.74. The topological polar surface area (TPSA) is 54.9 Å². The van der Waals surface area contributed by atoms with E-state index in [1.54, 1.807) is 0 Å². The molecule has 1 rings (SSSR count). The summed E-state index contributed by atoms with van der Waals surface area (Å²) in [5.41, 5.74) is 0.591. The van der Waals surface area contributed by atoms with E-state index in [0.29, 0.717) is 4.88 Å². The van der Waals surface area contributed by atoms with Crippen LogP contribution in [0.25, 0.3) is 0 Å². The Morgan fingerprint density at radius 3 is 2.76 bits per heavy atom. The maximum absolute atomic E-state index is 12.1. The van der Waals surface area contributed by atoms with Crippen molar-refractivity contribution in [3.63, 3.8) is 0 Å². The fraction of sp³-hybridized carbons (Fsp3) is 0.727. The quantitative estimate of drug-likeness (QED) is 0.820. The lowest BCUT2D eigenvalue weighted by atomic mass is 10.0. The van der Waals surface area contributed by atoms with Crippen LogP contribution in [0.3, 0.4) is 0 Å². The molecule has 0 aromatic carbocycles. The van der Waals surface area contributed by atoms with Crippen molar-refractivity contribution in [3.8, 4) is 0 Å². The van der Waals surface area contributed by atoms with Crippen LogP contribution in [0.4, 0.5) is 0 Å². The average Bonchev–Trinajstić information content (AvgIpc) is 2.77. The summed E-state index contributed by atoms with van der Waals surface area (Å²) < 4.78 is 3.86. The Bertz CT molecular complexity index is 377. The Hall–Kier alpha value is -0.490. The molecule has 1 aromatic rings.